The van der Waals surface area contributed by atoms with E-state index in [1.807, 2.05) is 0 Å². The number of hydrogen-bond acceptors (Lipinski definition) is 4. The second-order valence-corrected chi connectivity index (χ2v) is 7.33. The van der Waals surface area contributed by atoms with E-state index in [1.165, 1.54) is 14.8 Å². The fourth-order valence-electron chi connectivity index (χ4n) is 1.51. The van der Waals surface area contributed by atoms with Gasteiger partial charge in [-0.25, -0.2) is 4.98 Å². The number of rotatable bonds is 3. The van der Waals surface area contributed by atoms with Crippen molar-refractivity contribution in [3.63, 3.8) is 0 Å². The van der Waals surface area contributed by atoms with Gasteiger partial charge in [0.15, 0.2) is 0 Å². The molecule has 0 aliphatic carbocycles. The summed E-state index contributed by atoms with van der Waals surface area (Å²) in [4.78, 5) is 7.29. The molecule has 0 amide bonds. The van der Waals surface area contributed by atoms with Crippen molar-refractivity contribution in [2.24, 2.45) is 0 Å². The third kappa shape index (κ3) is 3.37. The van der Waals surface area contributed by atoms with Gasteiger partial charge in [0, 0.05) is 17.0 Å². The lowest BCUT2D eigenvalue weighted by atomic mass is 10.1. The molecule has 0 aromatic carbocycles. The molecule has 0 spiro atoms. The normalized spacial score (nSPS) is 12.0. The highest BCUT2D eigenvalue weighted by molar-refractivity contribution is 7.15. The van der Waals surface area contributed by atoms with Gasteiger partial charge in [-0.3, -0.25) is 0 Å². The average Bonchev–Trinajstić information content (AvgIpc) is 2.82. The van der Waals surface area contributed by atoms with Gasteiger partial charge >= 0.3 is 0 Å². The molecular formula is C13H18N2S2. The third-order valence-corrected chi connectivity index (χ3v) is 4.21. The van der Waals surface area contributed by atoms with Crippen LogP contribution >= 0.6 is 22.7 Å². The minimum absolute atomic E-state index is 0.142. The summed E-state index contributed by atoms with van der Waals surface area (Å²) in [6.07, 6.45) is 0. The van der Waals surface area contributed by atoms with Crippen molar-refractivity contribution < 1.29 is 0 Å². The molecule has 2 aromatic rings. The van der Waals surface area contributed by atoms with Gasteiger partial charge < -0.3 is 5.32 Å². The van der Waals surface area contributed by atoms with Crippen LogP contribution in [0, 0.1) is 6.92 Å². The monoisotopic (exact) mass is 266 g/mol. The molecule has 0 radical (unpaired) electrons. The lowest BCUT2D eigenvalue weighted by Crippen LogP contribution is -2.34. The molecule has 2 nitrogen and oxygen atoms in total. The summed E-state index contributed by atoms with van der Waals surface area (Å²) in [5.41, 5.74) is 1.29. The molecule has 4 heteroatoms. The molecule has 0 aliphatic heterocycles. The number of thiophene rings is 1. The van der Waals surface area contributed by atoms with Crippen LogP contribution < -0.4 is 5.32 Å². The smallest absolute Gasteiger partial charge is 0.107 e. The molecule has 0 fully saturated rings. The number of thiazole rings is 1. The predicted octanol–water partition coefficient (Wildman–Crippen LogP) is 4.07. The van der Waals surface area contributed by atoms with Crippen molar-refractivity contribution in [3.05, 3.63) is 27.4 Å². The van der Waals surface area contributed by atoms with E-state index in [0.29, 0.717) is 0 Å². The Labute approximate surface area is 111 Å². The quantitative estimate of drug-likeness (QED) is 0.906. The maximum absolute atomic E-state index is 4.72. The Hall–Kier alpha value is -0.710. The molecule has 0 aliphatic rings. The molecule has 2 aromatic heterocycles. The first kappa shape index (κ1) is 12.7. The van der Waals surface area contributed by atoms with E-state index < -0.39 is 0 Å². The predicted molar refractivity (Wildman–Crippen MR) is 76.8 cm³/mol. The van der Waals surface area contributed by atoms with Crippen LogP contribution in [-0.2, 0) is 6.54 Å². The summed E-state index contributed by atoms with van der Waals surface area (Å²) in [5, 5.41) is 6.74. The van der Waals surface area contributed by atoms with Gasteiger partial charge in [-0.2, -0.15) is 0 Å². The minimum atomic E-state index is 0.142. The fourth-order valence-corrected chi connectivity index (χ4v) is 3.23. The zero-order valence-corrected chi connectivity index (χ0v) is 12.3. The Morgan fingerprint density at radius 3 is 2.71 bits per heavy atom. The Bertz CT molecular complexity index is 478. The molecule has 0 bridgehead atoms. The number of hydrogen-bond donors (Lipinski definition) is 1. The fraction of sp³-hybridized carbons (Fsp3) is 0.462. The Kier molecular flexibility index (Phi) is 3.66. The Morgan fingerprint density at radius 2 is 2.12 bits per heavy atom. The van der Waals surface area contributed by atoms with Gasteiger partial charge in [-0.05, 0) is 39.1 Å². The Balaban J connectivity index is 2.14. The van der Waals surface area contributed by atoms with Gasteiger partial charge in [-0.15, -0.1) is 22.7 Å². The summed E-state index contributed by atoms with van der Waals surface area (Å²) in [5.74, 6) is 0. The standard InChI is InChI=1S/C13H18N2S2/c1-9-12(10-6-5-7-16-10)15-11(17-9)8-14-13(2,3)4/h5-7,14H,8H2,1-4H3. The van der Waals surface area contributed by atoms with Crippen LogP contribution in [0.4, 0.5) is 0 Å². The first-order valence-corrected chi connectivity index (χ1v) is 7.40. The summed E-state index contributed by atoms with van der Waals surface area (Å²) in [6, 6.07) is 4.21. The summed E-state index contributed by atoms with van der Waals surface area (Å²) in [7, 11) is 0. The van der Waals surface area contributed by atoms with Crippen LogP contribution in [0.15, 0.2) is 17.5 Å². The van der Waals surface area contributed by atoms with Crippen LogP contribution in [0.2, 0.25) is 0 Å². The minimum Gasteiger partial charge on any atom is -0.306 e. The van der Waals surface area contributed by atoms with Gasteiger partial charge in [-0.1, -0.05) is 6.07 Å². The van der Waals surface area contributed by atoms with Gasteiger partial charge in [0.05, 0.1) is 10.6 Å². The van der Waals surface area contributed by atoms with Crippen LogP contribution in [0.3, 0.4) is 0 Å². The van der Waals surface area contributed by atoms with E-state index in [0.717, 1.165) is 12.2 Å². The number of nitrogens with one attached hydrogen (secondary N) is 1. The average molecular weight is 266 g/mol. The summed E-state index contributed by atoms with van der Waals surface area (Å²) < 4.78 is 0. The van der Waals surface area contributed by atoms with E-state index in [9.17, 15) is 0 Å². The molecule has 0 saturated carbocycles. The van der Waals surface area contributed by atoms with Crippen LogP contribution in [0.1, 0.15) is 30.7 Å². The molecule has 0 unspecified atom stereocenters. The molecule has 2 heterocycles. The highest BCUT2D eigenvalue weighted by Gasteiger charge is 2.13. The van der Waals surface area contributed by atoms with E-state index in [1.54, 1.807) is 22.7 Å². The third-order valence-electron chi connectivity index (χ3n) is 2.37. The largest absolute Gasteiger partial charge is 0.306 e. The second kappa shape index (κ2) is 4.88. The van der Waals surface area contributed by atoms with E-state index in [2.05, 4.69) is 50.5 Å². The summed E-state index contributed by atoms with van der Waals surface area (Å²) in [6.45, 7) is 9.52. The number of aromatic nitrogens is 1. The lowest BCUT2D eigenvalue weighted by molar-refractivity contribution is 0.424. The topological polar surface area (TPSA) is 24.9 Å². The van der Waals surface area contributed by atoms with Crippen molar-refractivity contribution in [3.8, 4) is 10.6 Å². The zero-order valence-electron chi connectivity index (χ0n) is 10.7. The van der Waals surface area contributed by atoms with Gasteiger partial charge in [0.2, 0.25) is 0 Å². The lowest BCUT2D eigenvalue weighted by Gasteiger charge is -2.19. The second-order valence-electron chi connectivity index (χ2n) is 5.09. The first-order chi connectivity index (χ1) is 7.96. The maximum atomic E-state index is 4.72. The van der Waals surface area contributed by atoms with Crippen molar-refractivity contribution in [2.45, 2.75) is 39.8 Å². The molecule has 17 heavy (non-hydrogen) atoms. The number of nitrogens with zero attached hydrogens (tertiary/aromatic N) is 1. The van der Waals surface area contributed by atoms with Crippen LogP contribution in [-0.4, -0.2) is 10.5 Å². The molecule has 0 saturated heterocycles. The van der Waals surface area contributed by atoms with Crippen molar-refractivity contribution in [1.82, 2.24) is 10.3 Å². The summed E-state index contributed by atoms with van der Waals surface area (Å²) >= 11 is 3.54. The Morgan fingerprint density at radius 1 is 1.35 bits per heavy atom. The molecule has 2 rings (SSSR count). The molecular weight excluding hydrogens is 248 g/mol. The molecule has 92 valence electrons. The SMILES string of the molecule is Cc1sc(CNC(C)(C)C)nc1-c1cccs1. The zero-order chi connectivity index (χ0) is 12.5. The van der Waals surface area contributed by atoms with E-state index in [-0.39, 0.29) is 5.54 Å². The van der Waals surface area contributed by atoms with Gasteiger partial charge in [0.25, 0.3) is 0 Å². The number of aryl methyl sites for hydroxylation is 1. The highest BCUT2D eigenvalue weighted by Crippen LogP contribution is 2.30. The van der Waals surface area contributed by atoms with Crippen molar-refractivity contribution >= 4 is 22.7 Å². The van der Waals surface area contributed by atoms with E-state index in [4.69, 9.17) is 4.98 Å². The van der Waals surface area contributed by atoms with E-state index >= 15 is 0 Å². The van der Waals surface area contributed by atoms with Crippen molar-refractivity contribution in [1.29, 1.82) is 0 Å². The first-order valence-electron chi connectivity index (χ1n) is 5.71. The van der Waals surface area contributed by atoms with Crippen LogP contribution in [0.25, 0.3) is 10.6 Å². The van der Waals surface area contributed by atoms with Crippen LogP contribution in [0.5, 0.6) is 0 Å². The maximum Gasteiger partial charge on any atom is 0.107 e. The van der Waals surface area contributed by atoms with Gasteiger partial charge in [0.1, 0.15) is 5.01 Å². The molecule has 0 atom stereocenters. The van der Waals surface area contributed by atoms with Crippen molar-refractivity contribution in [2.75, 3.05) is 0 Å². The molecule has 1 N–H and O–H groups in total. The highest BCUT2D eigenvalue weighted by atomic mass is 32.1.